The third-order valence-electron chi connectivity index (χ3n) is 5.65. The Labute approximate surface area is 202 Å². The van der Waals surface area contributed by atoms with Gasteiger partial charge >= 0.3 is 0 Å². The molecule has 32 heavy (non-hydrogen) atoms. The number of aromatic nitrogens is 2. The third-order valence-corrected chi connectivity index (χ3v) is 6.54. The average molecular weight is 479 g/mol. The Morgan fingerprint density at radius 1 is 0.938 bits per heavy atom. The molecule has 2 aromatic carbocycles. The summed E-state index contributed by atoms with van der Waals surface area (Å²) in [6, 6.07) is 25.8. The van der Waals surface area contributed by atoms with Crippen LogP contribution in [0.2, 0.25) is 10.0 Å². The first-order chi connectivity index (χ1) is 15.6. The van der Waals surface area contributed by atoms with E-state index in [9.17, 15) is 0 Å². The van der Waals surface area contributed by atoms with Crippen molar-refractivity contribution in [2.45, 2.75) is 18.6 Å². The van der Waals surface area contributed by atoms with Crippen molar-refractivity contribution in [3.8, 4) is 5.69 Å². The summed E-state index contributed by atoms with van der Waals surface area (Å²) in [5, 5.41) is 5.40. The van der Waals surface area contributed by atoms with Crippen LogP contribution >= 0.6 is 35.4 Å². The summed E-state index contributed by atoms with van der Waals surface area (Å²) < 4.78 is 2.10. The molecule has 2 atom stereocenters. The number of benzene rings is 2. The lowest BCUT2D eigenvalue weighted by Crippen LogP contribution is -2.30. The van der Waals surface area contributed by atoms with Crippen LogP contribution in [0, 0.1) is 0 Å². The quantitative estimate of drug-likeness (QED) is 0.338. The molecule has 0 spiro atoms. The van der Waals surface area contributed by atoms with Gasteiger partial charge in [-0.2, -0.15) is 0 Å². The zero-order chi connectivity index (χ0) is 22.1. The lowest BCUT2D eigenvalue weighted by Gasteiger charge is -2.29. The molecule has 4 aromatic rings. The minimum Gasteiger partial charge on any atom is -0.352 e. The highest BCUT2D eigenvalue weighted by Gasteiger charge is 2.41. The van der Waals surface area contributed by atoms with Gasteiger partial charge in [-0.05, 0) is 60.2 Å². The summed E-state index contributed by atoms with van der Waals surface area (Å²) in [6.07, 6.45) is 3.83. The van der Waals surface area contributed by atoms with Gasteiger partial charge in [0, 0.05) is 29.7 Å². The van der Waals surface area contributed by atoms with Crippen molar-refractivity contribution in [1.82, 2.24) is 19.8 Å². The predicted octanol–water partition coefficient (Wildman–Crippen LogP) is 6.35. The number of thiocarbonyl (C=S) groups is 1. The van der Waals surface area contributed by atoms with E-state index in [1.807, 2.05) is 67.0 Å². The molecule has 1 aliphatic rings. The molecule has 0 amide bonds. The molecular weight excluding hydrogens is 459 g/mol. The summed E-state index contributed by atoms with van der Waals surface area (Å²) >= 11 is 18.5. The summed E-state index contributed by atoms with van der Waals surface area (Å²) in [4.78, 5) is 6.85. The summed E-state index contributed by atoms with van der Waals surface area (Å²) in [5.41, 5.74) is 4.05. The maximum atomic E-state index is 6.58. The monoisotopic (exact) mass is 478 g/mol. The minimum atomic E-state index is -0.105. The summed E-state index contributed by atoms with van der Waals surface area (Å²) in [7, 11) is 0. The molecule has 4 nitrogen and oxygen atoms in total. The smallest absolute Gasteiger partial charge is 0.170 e. The molecular formula is C25H20Cl2N4S. The first kappa shape index (κ1) is 21.0. The first-order valence-electron chi connectivity index (χ1n) is 10.3. The van der Waals surface area contributed by atoms with Gasteiger partial charge in [-0.25, -0.2) is 0 Å². The van der Waals surface area contributed by atoms with Crippen LogP contribution in [0.3, 0.4) is 0 Å². The second-order valence-corrected chi connectivity index (χ2v) is 8.87. The Balaban J connectivity index is 1.62. The average Bonchev–Trinajstić information content (AvgIpc) is 3.40. The number of pyridine rings is 1. The second-order valence-electron chi connectivity index (χ2n) is 7.64. The molecule has 160 valence electrons. The van der Waals surface area contributed by atoms with E-state index in [0.29, 0.717) is 21.7 Å². The van der Waals surface area contributed by atoms with Gasteiger partial charge in [-0.3, -0.25) is 4.98 Å². The largest absolute Gasteiger partial charge is 0.352 e. The van der Waals surface area contributed by atoms with Crippen LogP contribution in [-0.4, -0.2) is 19.6 Å². The highest BCUT2D eigenvalue weighted by Crippen LogP contribution is 2.41. The number of nitrogens with one attached hydrogen (secondary N) is 1. The van der Waals surface area contributed by atoms with Crippen LogP contribution in [0.15, 0.2) is 91.3 Å². The Kier molecular flexibility index (Phi) is 5.87. The first-order valence-corrected chi connectivity index (χ1v) is 11.4. The van der Waals surface area contributed by atoms with Crippen molar-refractivity contribution in [1.29, 1.82) is 0 Å². The van der Waals surface area contributed by atoms with E-state index in [-0.39, 0.29) is 12.1 Å². The maximum absolute atomic E-state index is 6.58. The van der Waals surface area contributed by atoms with Crippen molar-refractivity contribution in [2.24, 2.45) is 0 Å². The molecule has 1 saturated heterocycles. The Bertz CT molecular complexity index is 1240. The topological polar surface area (TPSA) is 33.1 Å². The van der Waals surface area contributed by atoms with E-state index in [2.05, 4.69) is 38.0 Å². The molecule has 0 aliphatic carbocycles. The minimum absolute atomic E-state index is 0.0839. The lowest BCUT2D eigenvalue weighted by molar-refractivity contribution is 0.302. The van der Waals surface area contributed by atoms with Crippen LogP contribution in [0.4, 0.5) is 0 Å². The van der Waals surface area contributed by atoms with Crippen molar-refractivity contribution in [3.05, 3.63) is 118 Å². The van der Waals surface area contributed by atoms with Gasteiger partial charge in [0.15, 0.2) is 5.11 Å². The van der Waals surface area contributed by atoms with E-state index < -0.39 is 0 Å². The standard InChI is InChI=1S/C25H20Cl2N4S/c26-18-11-12-21(19(27)15-18)30-14-6-10-22(30)24-23(20-9-4-5-13-28-20)29-25(32)31(24)16-17-7-2-1-3-8-17/h1-15,23-24H,16H2,(H,29,32)/t23-,24+/m1/s1. The predicted molar refractivity (Wildman–Crippen MR) is 133 cm³/mol. The second kappa shape index (κ2) is 8.94. The van der Waals surface area contributed by atoms with E-state index in [1.54, 1.807) is 6.07 Å². The van der Waals surface area contributed by atoms with Crippen molar-refractivity contribution >= 4 is 40.5 Å². The van der Waals surface area contributed by atoms with Gasteiger partial charge in [0.05, 0.1) is 28.5 Å². The fraction of sp³-hybridized carbons (Fsp3) is 0.120. The van der Waals surface area contributed by atoms with E-state index >= 15 is 0 Å². The summed E-state index contributed by atoms with van der Waals surface area (Å²) in [6.45, 7) is 0.681. The Morgan fingerprint density at radius 2 is 1.75 bits per heavy atom. The molecule has 7 heteroatoms. The van der Waals surface area contributed by atoms with Crippen LogP contribution in [0.5, 0.6) is 0 Å². The zero-order valence-electron chi connectivity index (χ0n) is 17.0. The molecule has 3 heterocycles. The number of hydrogen-bond donors (Lipinski definition) is 1. The van der Waals surface area contributed by atoms with Crippen LogP contribution < -0.4 is 5.32 Å². The lowest BCUT2D eigenvalue weighted by atomic mass is 10.0. The van der Waals surface area contributed by atoms with Gasteiger partial charge in [0.1, 0.15) is 0 Å². The van der Waals surface area contributed by atoms with Crippen LogP contribution in [-0.2, 0) is 6.54 Å². The zero-order valence-corrected chi connectivity index (χ0v) is 19.4. The third kappa shape index (κ3) is 3.99. The van der Waals surface area contributed by atoms with Crippen molar-refractivity contribution < 1.29 is 0 Å². The molecule has 2 aromatic heterocycles. The molecule has 0 bridgehead atoms. The normalized spacial score (nSPS) is 18.1. The molecule has 1 aliphatic heterocycles. The number of rotatable bonds is 5. The van der Waals surface area contributed by atoms with Gasteiger partial charge in [-0.1, -0.05) is 59.6 Å². The molecule has 5 rings (SSSR count). The van der Waals surface area contributed by atoms with Gasteiger partial charge in [0.25, 0.3) is 0 Å². The Morgan fingerprint density at radius 3 is 2.50 bits per heavy atom. The van der Waals surface area contributed by atoms with Gasteiger partial charge < -0.3 is 14.8 Å². The molecule has 1 fully saturated rings. The molecule has 0 unspecified atom stereocenters. The van der Waals surface area contributed by atoms with E-state index in [0.717, 1.165) is 17.1 Å². The molecule has 0 radical (unpaired) electrons. The SMILES string of the molecule is S=C1N[C@H](c2ccccn2)[C@H](c2cccn2-c2ccc(Cl)cc2Cl)N1Cc1ccccc1. The van der Waals surface area contributed by atoms with Gasteiger partial charge in [-0.15, -0.1) is 0 Å². The van der Waals surface area contributed by atoms with Crippen LogP contribution in [0.25, 0.3) is 5.69 Å². The molecule has 0 saturated carbocycles. The fourth-order valence-corrected chi connectivity index (χ4v) is 5.01. The van der Waals surface area contributed by atoms with Crippen LogP contribution in [0.1, 0.15) is 29.0 Å². The van der Waals surface area contributed by atoms with E-state index in [4.69, 9.17) is 35.4 Å². The highest BCUT2D eigenvalue weighted by atomic mass is 35.5. The summed E-state index contributed by atoms with van der Waals surface area (Å²) in [5.74, 6) is 0. The molecule has 1 N–H and O–H groups in total. The number of halogens is 2. The van der Waals surface area contributed by atoms with Crippen molar-refractivity contribution in [3.63, 3.8) is 0 Å². The maximum Gasteiger partial charge on any atom is 0.170 e. The number of nitrogens with zero attached hydrogens (tertiary/aromatic N) is 3. The fourth-order valence-electron chi connectivity index (χ4n) is 4.21. The van der Waals surface area contributed by atoms with Crippen molar-refractivity contribution in [2.75, 3.05) is 0 Å². The van der Waals surface area contributed by atoms with E-state index in [1.165, 1.54) is 5.56 Å². The van der Waals surface area contributed by atoms with Gasteiger partial charge in [0.2, 0.25) is 0 Å². The number of hydrogen-bond acceptors (Lipinski definition) is 2. The highest BCUT2D eigenvalue weighted by molar-refractivity contribution is 7.80. The Hall–Kier alpha value is -2.86.